The van der Waals surface area contributed by atoms with Crippen molar-refractivity contribution in [2.45, 2.75) is 81.1 Å². The molecule has 0 aliphatic carbocycles. The van der Waals surface area contributed by atoms with Crippen LogP contribution in [0.4, 0.5) is 0 Å². The minimum atomic E-state index is -0.488. The summed E-state index contributed by atoms with van der Waals surface area (Å²) in [6.07, 6.45) is 1.40. The number of allylic oxidation sites excluding steroid dienone is 1. The van der Waals surface area contributed by atoms with E-state index in [2.05, 4.69) is 24.8 Å². The molecule has 1 fully saturated rings. The average Bonchev–Trinajstić information content (AvgIpc) is 1.74. The van der Waals surface area contributed by atoms with Gasteiger partial charge in [0.15, 0.2) is 22.8 Å². The molecule has 25 heteroatoms. The highest BCUT2D eigenvalue weighted by Gasteiger charge is 2.22. The van der Waals surface area contributed by atoms with Gasteiger partial charge in [-0.25, -0.2) is 39.1 Å². The van der Waals surface area contributed by atoms with Gasteiger partial charge in [0.05, 0.1) is 39.6 Å². The molecule has 100 heavy (non-hydrogen) atoms. The summed E-state index contributed by atoms with van der Waals surface area (Å²) < 4.78 is 53.5. The Labute approximate surface area is 602 Å². The van der Waals surface area contributed by atoms with Gasteiger partial charge in [-0.1, -0.05) is 23.8 Å². The van der Waals surface area contributed by atoms with Crippen LogP contribution in [-0.4, -0.2) is 127 Å². The summed E-state index contributed by atoms with van der Waals surface area (Å²) in [6, 6.07) is 41.3. The number of aromatic nitrogens is 4. The predicted octanol–water partition coefficient (Wildman–Crippen LogP) is 17.1. The van der Waals surface area contributed by atoms with Crippen molar-refractivity contribution >= 4 is 86.5 Å². The van der Waals surface area contributed by atoms with Gasteiger partial charge in [-0.2, -0.15) is 0 Å². The van der Waals surface area contributed by atoms with Crippen molar-refractivity contribution in [2.24, 2.45) is 0 Å². The first-order valence-electron chi connectivity index (χ1n) is 32.2. The van der Waals surface area contributed by atoms with Crippen molar-refractivity contribution in [3.63, 3.8) is 0 Å². The number of nitrogens with zero attached hydrogens (tertiary/aromatic N) is 5. The van der Waals surface area contributed by atoms with Crippen LogP contribution in [0.3, 0.4) is 0 Å². The van der Waals surface area contributed by atoms with E-state index in [1.54, 1.807) is 57.1 Å². The van der Waals surface area contributed by atoms with E-state index in [9.17, 15) is 24.0 Å². The van der Waals surface area contributed by atoms with E-state index < -0.39 is 17.9 Å². The molecule has 2 unspecified atom stereocenters. The molecule has 1 aliphatic rings. The van der Waals surface area contributed by atoms with Crippen molar-refractivity contribution in [1.29, 1.82) is 0 Å². The van der Waals surface area contributed by atoms with E-state index in [1.807, 2.05) is 176 Å². The van der Waals surface area contributed by atoms with Gasteiger partial charge in [-0.15, -0.1) is 56.7 Å². The highest BCUT2D eigenvalue weighted by molar-refractivity contribution is 7.14. The number of carbonyl (C=O) groups is 5. The summed E-state index contributed by atoms with van der Waals surface area (Å²) in [5.74, 6) is 1.66. The van der Waals surface area contributed by atoms with Crippen LogP contribution in [0.1, 0.15) is 121 Å². The zero-order chi connectivity index (χ0) is 71.2. The van der Waals surface area contributed by atoms with Gasteiger partial charge in [0.1, 0.15) is 74.2 Å². The molecule has 0 bridgehead atoms. The fourth-order valence-electron chi connectivity index (χ4n) is 9.07. The summed E-state index contributed by atoms with van der Waals surface area (Å²) in [5, 5.41) is 11.9. The molecule has 5 aromatic heterocycles. The molecule has 0 spiro atoms. The lowest BCUT2D eigenvalue weighted by atomic mass is 10.2. The van der Waals surface area contributed by atoms with Gasteiger partial charge in [-0.3, -0.25) is 9.69 Å². The third-order valence-electron chi connectivity index (χ3n) is 13.9. The number of hydrogen-bond acceptors (Lipinski definition) is 25. The molecule has 0 N–H and O–H groups in total. The second-order valence-electron chi connectivity index (χ2n) is 21.9. The van der Waals surface area contributed by atoms with Crippen LogP contribution in [-0.2, 0) is 35.1 Å². The molecule has 0 radical (unpaired) electrons. The minimum Gasteiger partial charge on any atom is -0.494 e. The number of benzene rings is 5. The standard InChI is InChI=1S/C21H19NO5S.C19H24N2O4S.C18H17NO3S2.C17H19NO3S/c1-3-25-17-10-6-16(7-11-17)20-22-19(13-28-20)21(24)26-12-15-4-8-18(9-5-15)27-14(2)23;1-3-24-16-6-4-15(5-7-16)18-20-17(13-26-18)19(22)25-14(2)12-21-8-10-23-11-9-21;1-3-21-14-8-6-13(7-9-14)17-19-15(11-24-17)18(20)22-12(2)16-5-4-10-23-16;1-4-20-14-7-5-13(6-8-14)16-18-15(11-22-16)17(19)21-10-9-12(2)3/h4-11,13H,3,12H2,1-2H3;4-7,13-14H,3,8-12H2,1-2H3;4-12H,3H2,1-2H3;5-9,11H,4,10H2,1-3H3. The maximum Gasteiger partial charge on any atom is 0.358 e. The van der Waals surface area contributed by atoms with E-state index in [4.69, 9.17) is 47.4 Å². The van der Waals surface area contributed by atoms with Crippen LogP contribution in [0.15, 0.2) is 172 Å². The summed E-state index contributed by atoms with van der Waals surface area (Å²) in [6.45, 7) is 23.6. The molecule has 524 valence electrons. The van der Waals surface area contributed by atoms with E-state index in [0.29, 0.717) is 55.8 Å². The first-order valence-corrected chi connectivity index (χ1v) is 36.6. The monoisotopic (exact) mass is 1450 g/mol. The molecule has 0 saturated carbocycles. The maximum atomic E-state index is 12.3. The summed E-state index contributed by atoms with van der Waals surface area (Å²) in [4.78, 5) is 80.4. The van der Waals surface area contributed by atoms with Crippen LogP contribution in [0.25, 0.3) is 42.3 Å². The largest absolute Gasteiger partial charge is 0.494 e. The Morgan fingerprint density at radius 1 is 0.480 bits per heavy atom. The Morgan fingerprint density at radius 2 is 0.860 bits per heavy atom. The Balaban J connectivity index is 0.000000170. The van der Waals surface area contributed by atoms with E-state index >= 15 is 0 Å². The SMILES string of the molecule is CCOc1ccc(-c2nc(C(=O)OC(C)CN3CCOCC3)cs2)cc1.CCOc1ccc(-c2nc(C(=O)OC(C)c3cccs3)cs2)cc1.CCOc1ccc(-c2nc(C(=O)OCC=C(C)C)cs2)cc1.CCOc1ccc(-c2nc(C(=O)OCc3ccc(OC(C)=O)cc3)cs2)cc1. The summed E-state index contributed by atoms with van der Waals surface area (Å²) in [5.41, 5.74) is 6.98. The van der Waals surface area contributed by atoms with Crippen molar-refractivity contribution in [3.05, 3.63) is 205 Å². The number of ether oxygens (including phenoxy) is 10. The molecule has 11 rings (SSSR count). The first-order chi connectivity index (χ1) is 48.5. The quantitative estimate of drug-likeness (QED) is 0.0212. The van der Waals surface area contributed by atoms with E-state index in [-0.39, 0.29) is 43.1 Å². The van der Waals surface area contributed by atoms with Crippen LogP contribution < -0.4 is 23.7 Å². The zero-order valence-electron chi connectivity index (χ0n) is 57.0. The third-order valence-corrected chi connectivity index (χ3v) is 18.5. The van der Waals surface area contributed by atoms with E-state index in [1.165, 1.54) is 52.3 Å². The molecule has 10 aromatic rings. The van der Waals surface area contributed by atoms with Gasteiger partial charge in [-0.05, 0) is 188 Å². The molecular weight excluding hydrogens is 1370 g/mol. The predicted molar refractivity (Wildman–Crippen MR) is 392 cm³/mol. The van der Waals surface area contributed by atoms with E-state index in [0.717, 1.165) is 108 Å². The minimum absolute atomic E-state index is 0.106. The summed E-state index contributed by atoms with van der Waals surface area (Å²) >= 11 is 7.23. The molecule has 2 atom stereocenters. The lowest BCUT2D eigenvalue weighted by molar-refractivity contribution is -0.131. The Morgan fingerprint density at radius 3 is 1.23 bits per heavy atom. The first kappa shape index (κ1) is 76.3. The van der Waals surface area contributed by atoms with Gasteiger partial charge in [0, 0.05) is 75.2 Å². The topological polar surface area (TPSA) is 232 Å². The molecular formula is C75H79N5O15S5. The molecule has 6 heterocycles. The normalized spacial score (nSPS) is 12.2. The lowest BCUT2D eigenvalue weighted by Gasteiger charge is -2.28. The molecule has 1 saturated heterocycles. The second-order valence-corrected chi connectivity index (χ2v) is 26.3. The maximum absolute atomic E-state index is 12.3. The fraction of sp³-hybridized carbons (Fsp3) is 0.293. The number of thiazole rings is 4. The number of thiophene rings is 1. The van der Waals surface area contributed by atoms with Gasteiger partial charge >= 0.3 is 29.8 Å². The Kier molecular flexibility index (Phi) is 30.5. The molecule has 20 nitrogen and oxygen atoms in total. The number of esters is 5. The highest BCUT2D eigenvalue weighted by atomic mass is 32.1. The average molecular weight is 1450 g/mol. The number of morpholine rings is 1. The van der Waals surface area contributed by atoms with Crippen LogP contribution in [0.2, 0.25) is 0 Å². The molecule has 1 aliphatic heterocycles. The second kappa shape index (κ2) is 40.0. The fourth-order valence-corrected chi connectivity index (χ4v) is 13.0. The van der Waals surface area contributed by atoms with Crippen LogP contribution >= 0.6 is 56.7 Å². The zero-order valence-corrected chi connectivity index (χ0v) is 61.1. The van der Waals surface area contributed by atoms with Crippen LogP contribution in [0.5, 0.6) is 28.7 Å². The number of rotatable bonds is 26. The van der Waals surface area contributed by atoms with Crippen molar-refractivity contribution < 1.29 is 71.3 Å². The highest BCUT2D eigenvalue weighted by Crippen LogP contribution is 2.32. The van der Waals surface area contributed by atoms with Crippen molar-refractivity contribution in [3.8, 4) is 71.0 Å². The van der Waals surface area contributed by atoms with Crippen molar-refractivity contribution in [1.82, 2.24) is 24.8 Å². The number of hydrogen-bond donors (Lipinski definition) is 0. The Hall–Kier alpha value is -9.47. The lowest BCUT2D eigenvalue weighted by Crippen LogP contribution is -2.41. The molecule has 5 aromatic carbocycles. The third kappa shape index (κ3) is 24.5. The van der Waals surface area contributed by atoms with Gasteiger partial charge in [0.25, 0.3) is 0 Å². The van der Waals surface area contributed by atoms with Crippen LogP contribution in [0, 0.1) is 0 Å². The number of carbonyl (C=O) groups excluding carboxylic acids is 5. The van der Waals surface area contributed by atoms with Crippen molar-refractivity contribution in [2.75, 3.05) is 65.9 Å². The smallest absolute Gasteiger partial charge is 0.358 e. The summed E-state index contributed by atoms with van der Waals surface area (Å²) in [7, 11) is 0. The molecule has 0 amide bonds. The Bertz CT molecular complexity index is 4180. The van der Waals surface area contributed by atoms with Gasteiger partial charge in [0.2, 0.25) is 0 Å². The van der Waals surface area contributed by atoms with Gasteiger partial charge < -0.3 is 47.4 Å².